The molecule has 1 aromatic heterocycles. The van der Waals surface area contributed by atoms with E-state index in [9.17, 15) is 4.79 Å². The van der Waals surface area contributed by atoms with Crippen molar-refractivity contribution in [2.75, 3.05) is 0 Å². The quantitative estimate of drug-likeness (QED) is 0.541. The molecule has 4 heteroatoms. The molecule has 1 nitrogen and oxygen atoms in total. The van der Waals surface area contributed by atoms with Crippen LogP contribution in [0, 0.1) is 17.4 Å². The highest BCUT2D eigenvalue weighted by Crippen LogP contribution is 2.26. The Bertz CT molecular complexity index is 589. The van der Waals surface area contributed by atoms with E-state index in [-0.39, 0.29) is 5.78 Å². The lowest BCUT2D eigenvalue weighted by Crippen LogP contribution is -2.03. The van der Waals surface area contributed by atoms with Crippen LogP contribution in [-0.2, 0) is 0 Å². The molecule has 1 aromatic carbocycles. The van der Waals surface area contributed by atoms with E-state index < -0.39 is 0 Å². The Morgan fingerprint density at radius 3 is 2.53 bits per heavy atom. The van der Waals surface area contributed by atoms with Crippen LogP contribution in [0.15, 0.2) is 24.3 Å². The summed E-state index contributed by atoms with van der Waals surface area (Å²) in [6, 6.07) is 7.34. The van der Waals surface area contributed by atoms with E-state index in [0.29, 0.717) is 10.6 Å². The van der Waals surface area contributed by atoms with E-state index in [1.54, 1.807) is 23.5 Å². The maximum atomic E-state index is 12.4. The van der Waals surface area contributed by atoms with Gasteiger partial charge in [-0.3, -0.25) is 4.79 Å². The number of halogens is 2. The van der Waals surface area contributed by atoms with E-state index >= 15 is 0 Å². The zero-order chi connectivity index (χ0) is 12.6. The number of hydrogen-bond donors (Lipinski definition) is 0. The van der Waals surface area contributed by atoms with Crippen molar-refractivity contribution in [1.82, 2.24) is 0 Å². The average Bonchev–Trinajstić information content (AvgIpc) is 2.60. The molecule has 2 rings (SSSR count). The summed E-state index contributed by atoms with van der Waals surface area (Å²) in [7, 11) is 0. The average molecular weight is 377 g/mol. The number of thiophene rings is 1. The van der Waals surface area contributed by atoms with Gasteiger partial charge in [-0.05, 0) is 60.7 Å². The van der Waals surface area contributed by atoms with Gasteiger partial charge in [-0.2, -0.15) is 0 Å². The van der Waals surface area contributed by atoms with E-state index in [0.717, 1.165) is 18.9 Å². The molecule has 0 aliphatic carbocycles. The fraction of sp³-hybridized carbons (Fsp3) is 0.154. The second kappa shape index (κ2) is 5.08. The van der Waals surface area contributed by atoms with Crippen LogP contribution in [-0.4, -0.2) is 5.78 Å². The molecule has 0 aliphatic rings. The van der Waals surface area contributed by atoms with Crippen LogP contribution in [0.25, 0.3) is 0 Å². The summed E-state index contributed by atoms with van der Waals surface area (Å²) in [5.74, 6) is 0.0544. The molecule has 88 valence electrons. The molecule has 2 aromatic rings. The van der Waals surface area contributed by atoms with Crippen molar-refractivity contribution in [3.8, 4) is 0 Å². The molecule has 0 aliphatic heterocycles. The monoisotopic (exact) mass is 376 g/mol. The number of ketones is 1. The predicted molar refractivity (Wildman–Crippen MR) is 81.4 cm³/mol. The van der Waals surface area contributed by atoms with Crippen molar-refractivity contribution in [2.24, 2.45) is 0 Å². The first-order chi connectivity index (χ1) is 7.99. The lowest BCUT2D eigenvalue weighted by Gasteiger charge is -2.04. The molecule has 0 amide bonds. The van der Waals surface area contributed by atoms with Crippen LogP contribution in [0.4, 0.5) is 0 Å². The molecule has 0 bridgehead atoms. The minimum Gasteiger partial charge on any atom is -0.289 e. The van der Waals surface area contributed by atoms with E-state index in [2.05, 4.69) is 22.6 Å². The molecule has 1 heterocycles. The third-order valence-electron chi connectivity index (χ3n) is 2.46. The molecule has 0 fully saturated rings. The molecule has 0 saturated carbocycles. The number of rotatable bonds is 2. The molecule has 0 N–H and O–H groups in total. The van der Waals surface area contributed by atoms with Gasteiger partial charge < -0.3 is 0 Å². The van der Waals surface area contributed by atoms with Gasteiger partial charge in [0, 0.05) is 29.5 Å². The Kier molecular flexibility index (Phi) is 3.90. The maximum absolute atomic E-state index is 12.4. The molecular weight excluding hydrogens is 367 g/mol. The van der Waals surface area contributed by atoms with E-state index in [1.807, 2.05) is 26.0 Å². The van der Waals surface area contributed by atoms with Gasteiger partial charge in [-0.15, -0.1) is 11.3 Å². The van der Waals surface area contributed by atoms with Gasteiger partial charge in [0.2, 0.25) is 0 Å². The van der Waals surface area contributed by atoms with Crippen molar-refractivity contribution in [3.63, 3.8) is 0 Å². The second-order valence-corrected chi connectivity index (χ2v) is 6.84. The Balaban J connectivity index is 2.50. The Labute approximate surface area is 123 Å². The van der Waals surface area contributed by atoms with Gasteiger partial charge in [0.1, 0.15) is 0 Å². The summed E-state index contributed by atoms with van der Waals surface area (Å²) < 4.78 is 0.931. The van der Waals surface area contributed by atoms with Crippen LogP contribution < -0.4 is 0 Å². The topological polar surface area (TPSA) is 17.1 Å². The molecule has 0 atom stereocenters. The third-order valence-corrected chi connectivity index (χ3v) is 4.60. The lowest BCUT2D eigenvalue weighted by molar-refractivity contribution is 0.103. The number of benzene rings is 1. The van der Waals surface area contributed by atoms with Crippen LogP contribution >= 0.6 is 45.5 Å². The number of carbonyl (C=O) groups excluding carboxylic acids is 1. The molecule has 0 saturated heterocycles. The highest BCUT2D eigenvalue weighted by atomic mass is 127. The van der Waals surface area contributed by atoms with Gasteiger partial charge in [-0.25, -0.2) is 0 Å². The largest absolute Gasteiger partial charge is 0.289 e. The minimum absolute atomic E-state index is 0.0544. The number of hydrogen-bond acceptors (Lipinski definition) is 2. The van der Waals surface area contributed by atoms with Crippen molar-refractivity contribution in [3.05, 3.63) is 53.7 Å². The summed E-state index contributed by atoms with van der Waals surface area (Å²) in [5.41, 5.74) is 1.46. The van der Waals surface area contributed by atoms with Gasteiger partial charge in [0.05, 0.1) is 0 Å². The highest BCUT2D eigenvalue weighted by Gasteiger charge is 2.16. The van der Waals surface area contributed by atoms with Crippen molar-refractivity contribution >= 4 is 51.3 Å². The highest BCUT2D eigenvalue weighted by molar-refractivity contribution is 14.1. The first kappa shape index (κ1) is 13.1. The Morgan fingerprint density at radius 2 is 1.94 bits per heavy atom. The third kappa shape index (κ3) is 2.72. The van der Waals surface area contributed by atoms with Crippen LogP contribution in [0.1, 0.15) is 25.7 Å². The minimum atomic E-state index is 0.0544. The SMILES string of the molecule is Cc1cc(C(=O)c2cc(Cl)ccc2I)c(C)s1. The van der Waals surface area contributed by atoms with Crippen LogP contribution in [0.3, 0.4) is 0 Å². The first-order valence-corrected chi connectivity index (χ1v) is 7.33. The standard InChI is InChI=1S/C13H10ClIOS/c1-7-5-10(8(2)17-7)13(16)11-6-9(14)3-4-12(11)15/h3-6H,1-2H3. The summed E-state index contributed by atoms with van der Waals surface area (Å²) in [4.78, 5) is 14.6. The second-order valence-electron chi connectivity index (χ2n) is 3.78. The molecule has 17 heavy (non-hydrogen) atoms. The number of aryl methyl sites for hydroxylation is 2. The first-order valence-electron chi connectivity index (χ1n) is 5.06. The van der Waals surface area contributed by atoms with Crippen molar-refractivity contribution in [1.29, 1.82) is 0 Å². The summed E-state index contributed by atoms with van der Waals surface area (Å²) in [6.45, 7) is 3.99. The Morgan fingerprint density at radius 1 is 1.24 bits per heavy atom. The summed E-state index contributed by atoms with van der Waals surface area (Å²) in [6.07, 6.45) is 0. The molecule has 0 unspecified atom stereocenters. The predicted octanol–water partition coefficient (Wildman–Crippen LogP) is 4.85. The summed E-state index contributed by atoms with van der Waals surface area (Å²) in [5, 5.41) is 0.596. The van der Waals surface area contributed by atoms with Crippen molar-refractivity contribution < 1.29 is 4.79 Å². The number of carbonyl (C=O) groups is 1. The van der Waals surface area contributed by atoms with Crippen LogP contribution in [0.5, 0.6) is 0 Å². The Hall–Kier alpha value is -0.390. The van der Waals surface area contributed by atoms with Gasteiger partial charge in [0.25, 0.3) is 0 Å². The van der Waals surface area contributed by atoms with Gasteiger partial charge in [-0.1, -0.05) is 11.6 Å². The van der Waals surface area contributed by atoms with E-state index in [1.165, 1.54) is 0 Å². The fourth-order valence-electron chi connectivity index (χ4n) is 1.67. The smallest absolute Gasteiger partial charge is 0.195 e. The maximum Gasteiger partial charge on any atom is 0.195 e. The van der Waals surface area contributed by atoms with Gasteiger partial charge >= 0.3 is 0 Å². The van der Waals surface area contributed by atoms with E-state index in [4.69, 9.17) is 11.6 Å². The van der Waals surface area contributed by atoms with Crippen LogP contribution in [0.2, 0.25) is 5.02 Å². The zero-order valence-electron chi connectivity index (χ0n) is 9.38. The molecule has 0 spiro atoms. The summed E-state index contributed by atoms with van der Waals surface area (Å²) >= 11 is 9.75. The fourth-order valence-corrected chi connectivity index (χ4v) is 3.35. The normalized spacial score (nSPS) is 10.6. The zero-order valence-corrected chi connectivity index (χ0v) is 13.1. The van der Waals surface area contributed by atoms with Gasteiger partial charge in [0.15, 0.2) is 5.78 Å². The molecular formula is C13H10ClIOS. The lowest BCUT2D eigenvalue weighted by atomic mass is 10.0. The van der Waals surface area contributed by atoms with Crippen molar-refractivity contribution in [2.45, 2.75) is 13.8 Å². The molecule has 0 radical (unpaired) electrons.